The lowest BCUT2D eigenvalue weighted by atomic mass is 10.1. The molecule has 0 spiro atoms. The third-order valence-corrected chi connectivity index (χ3v) is 2.71. The zero-order valence-corrected chi connectivity index (χ0v) is 6.32. The Morgan fingerprint density at radius 3 is 3.00 bits per heavy atom. The second-order valence-electron chi connectivity index (χ2n) is 3.38. The minimum Gasteiger partial charge on any atom is -0.481 e. The molecule has 2 fully saturated rings. The van der Waals surface area contributed by atoms with Crippen molar-refractivity contribution in [2.75, 3.05) is 6.61 Å². The maximum atomic E-state index is 10.2. The predicted molar refractivity (Wildman–Crippen MR) is 38.2 cm³/mol. The van der Waals surface area contributed by atoms with E-state index >= 15 is 0 Å². The van der Waals surface area contributed by atoms with Gasteiger partial charge in [-0.1, -0.05) is 0 Å². The van der Waals surface area contributed by atoms with Gasteiger partial charge in [-0.15, -0.1) is 0 Å². The number of hydrogen-bond acceptors (Lipinski definition) is 2. The van der Waals surface area contributed by atoms with Gasteiger partial charge in [-0.3, -0.25) is 4.79 Å². The fourth-order valence-electron chi connectivity index (χ4n) is 2.04. The minimum absolute atomic E-state index is 0.307. The third-order valence-electron chi connectivity index (χ3n) is 2.71. The van der Waals surface area contributed by atoms with Crippen molar-refractivity contribution in [1.82, 2.24) is 0 Å². The number of carboxylic acid groups (broad SMARTS) is 1. The van der Waals surface area contributed by atoms with Crippen molar-refractivity contribution in [1.29, 1.82) is 0 Å². The largest absolute Gasteiger partial charge is 0.481 e. The summed E-state index contributed by atoms with van der Waals surface area (Å²) in [5.74, 6) is 0.587. The molecule has 0 aromatic rings. The van der Waals surface area contributed by atoms with Crippen molar-refractivity contribution < 1.29 is 14.6 Å². The quantitative estimate of drug-likeness (QED) is 0.660. The highest BCUT2D eigenvalue weighted by Crippen LogP contribution is 2.51. The van der Waals surface area contributed by atoms with Gasteiger partial charge in [0.1, 0.15) is 0 Å². The monoisotopic (exact) mass is 156 g/mol. The topological polar surface area (TPSA) is 46.5 Å². The number of rotatable bonds is 3. The lowest BCUT2D eigenvalue weighted by molar-refractivity contribution is -0.137. The summed E-state index contributed by atoms with van der Waals surface area (Å²) in [6.07, 6.45) is 2.69. The van der Waals surface area contributed by atoms with Crippen LogP contribution in [0.2, 0.25) is 0 Å². The smallest absolute Gasteiger partial charge is 0.303 e. The zero-order valence-electron chi connectivity index (χ0n) is 6.32. The van der Waals surface area contributed by atoms with Gasteiger partial charge in [0.25, 0.3) is 0 Å². The number of hydrogen-bond donors (Lipinski definition) is 1. The average Bonchev–Trinajstić information content (AvgIpc) is 2.44. The SMILES string of the molecule is O=C(O)CCC1[C@H]2CCO[C@@H]12. The standard InChI is InChI=1S/C8H12O3/c9-7(10)2-1-5-6-3-4-11-8(5)6/h5-6,8H,1-4H2,(H,9,10)/t5?,6-,8+/m1/s1. The van der Waals surface area contributed by atoms with Crippen LogP contribution in [0.15, 0.2) is 0 Å². The molecule has 0 bridgehead atoms. The Bertz CT molecular complexity index is 168. The van der Waals surface area contributed by atoms with Crippen molar-refractivity contribution in [3.05, 3.63) is 0 Å². The fraction of sp³-hybridized carbons (Fsp3) is 0.875. The first-order chi connectivity index (χ1) is 5.29. The molecule has 2 rings (SSSR count). The summed E-state index contributed by atoms with van der Waals surface area (Å²) in [6, 6.07) is 0. The second kappa shape index (κ2) is 2.48. The van der Waals surface area contributed by atoms with Crippen LogP contribution >= 0.6 is 0 Å². The molecule has 3 atom stereocenters. The van der Waals surface area contributed by atoms with Gasteiger partial charge in [0, 0.05) is 13.0 Å². The van der Waals surface area contributed by atoms with E-state index < -0.39 is 5.97 Å². The molecule has 3 nitrogen and oxygen atoms in total. The maximum absolute atomic E-state index is 10.2. The summed E-state index contributed by atoms with van der Waals surface area (Å²) >= 11 is 0. The molecule has 1 saturated carbocycles. The molecule has 3 heteroatoms. The van der Waals surface area contributed by atoms with Crippen LogP contribution in [0, 0.1) is 11.8 Å². The Labute approximate surface area is 65.4 Å². The van der Waals surface area contributed by atoms with Crippen LogP contribution in [0.5, 0.6) is 0 Å². The molecule has 1 aliphatic heterocycles. The Kier molecular flexibility index (Phi) is 1.60. The van der Waals surface area contributed by atoms with E-state index in [4.69, 9.17) is 9.84 Å². The molecule has 0 radical (unpaired) electrons. The highest BCUT2D eigenvalue weighted by molar-refractivity contribution is 5.66. The Hall–Kier alpha value is -0.570. The van der Waals surface area contributed by atoms with E-state index in [1.165, 1.54) is 0 Å². The highest BCUT2D eigenvalue weighted by atomic mass is 16.5. The Morgan fingerprint density at radius 1 is 1.64 bits per heavy atom. The number of carboxylic acids is 1. The van der Waals surface area contributed by atoms with E-state index in [0.717, 1.165) is 19.4 Å². The van der Waals surface area contributed by atoms with E-state index in [1.54, 1.807) is 0 Å². The van der Waals surface area contributed by atoms with Gasteiger partial charge in [0.2, 0.25) is 0 Å². The summed E-state index contributed by atoms with van der Waals surface area (Å²) in [6.45, 7) is 0.888. The van der Waals surface area contributed by atoms with Gasteiger partial charge >= 0.3 is 5.97 Å². The van der Waals surface area contributed by atoms with Crippen LogP contribution in [0.4, 0.5) is 0 Å². The lowest BCUT2D eigenvalue weighted by Gasteiger charge is -1.99. The fourth-order valence-corrected chi connectivity index (χ4v) is 2.04. The van der Waals surface area contributed by atoms with Crippen LogP contribution < -0.4 is 0 Å². The number of aliphatic carboxylic acids is 1. The molecular weight excluding hydrogens is 144 g/mol. The molecule has 62 valence electrons. The van der Waals surface area contributed by atoms with Crippen molar-refractivity contribution in [3.8, 4) is 0 Å². The summed E-state index contributed by atoms with van der Waals surface area (Å²) in [7, 11) is 0. The zero-order chi connectivity index (χ0) is 7.84. The van der Waals surface area contributed by atoms with Gasteiger partial charge in [0.15, 0.2) is 0 Å². The molecule has 1 heterocycles. The highest BCUT2D eigenvalue weighted by Gasteiger charge is 2.53. The number of fused-ring (bicyclic) bond motifs is 1. The first-order valence-corrected chi connectivity index (χ1v) is 4.12. The van der Waals surface area contributed by atoms with Crippen molar-refractivity contribution in [2.24, 2.45) is 11.8 Å². The molecule has 11 heavy (non-hydrogen) atoms. The molecular formula is C8H12O3. The van der Waals surface area contributed by atoms with Crippen LogP contribution in [0.1, 0.15) is 19.3 Å². The summed E-state index contributed by atoms with van der Waals surface area (Å²) in [5.41, 5.74) is 0. The number of ether oxygens (including phenoxy) is 1. The van der Waals surface area contributed by atoms with Crippen molar-refractivity contribution in [2.45, 2.75) is 25.4 Å². The van der Waals surface area contributed by atoms with Gasteiger partial charge in [-0.2, -0.15) is 0 Å². The predicted octanol–water partition coefficient (Wildman–Crippen LogP) is 0.886. The first-order valence-electron chi connectivity index (χ1n) is 4.12. The molecule has 1 unspecified atom stereocenters. The van der Waals surface area contributed by atoms with Crippen molar-refractivity contribution >= 4 is 5.97 Å². The van der Waals surface area contributed by atoms with Gasteiger partial charge < -0.3 is 9.84 Å². The van der Waals surface area contributed by atoms with E-state index in [0.29, 0.717) is 24.4 Å². The summed E-state index contributed by atoms with van der Waals surface area (Å²) in [5, 5.41) is 8.41. The van der Waals surface area contributed by atoms with E-state index in [-0.39, 0.29) is 0 Å². The van der Waals surface area contributed by atoms with Crippen LogP contribution in [-0.2, 0) is 9.53 Å². The van der Waals surface area contributed by atoms with Crippen molar-refractivity contribution in [3.63, 3.8) is 0 Å². The maximum Gasteiger partial charge on any atom is 0.303 e. The molecule has 1 saturated heterocycles. The van der Waals surface area contributed by atoms with Crippen LogP contribution in [0.25, 0.3) is 0 Å². The number of carbonyl (C=O) groups is 1. The normalized spacial score (nSPS) is 40.2. The van der Waals surface area contributed by atoms with Crippen LogP contribution in [-0.4, -0.2) is 23.8 Å². The van der Waals surface area contributed by atoms with Crippen LogP contribution in [0.3, 0.4) is 0 Å². The average molecular weight is 156 g/mol. The third kappa shape index (κ3) is 1.25. The molecule has 0 aromatic carbocycles. The van der Waals surface area contributed by atoms with Gasteiger partial charge in [0.05, 0.1) is 6.10 Å². The first kappa shape index (κ1) is 7.10. The van der Waals surface area contributed by atoms with E-state index in [9.17, 15) is 4.79 Å². The molecule has 1 aliphatic carbocycles. The lowest BCUT2D eigenvalue weighted by Crippen LogP contribution is -2.00. The van der Waals surface area contributed by atoms with Gasteiger partial charge in [-0.05, 0) is 24.7 Å². The molecule has 0 amide bonds. The molecule has 2 aliphatic rings. The molecule has 1 N–H and O–H groups in total. The minimum atomic E-state index is -0.685. The van der Waals surface area contributed by atoms with E-state index in [1.807, 2.05) is 0 Å². The van der Waals surface area contributed by atoms with Gasteiger partial charge in [-0.25, -0.2) is 0 Å². The molecule has 0 aromatic heterocycles. The Morgan fingerprint density at radius 2 is 2.45 bits per heavy atom. The summed E-state index contributed by atoms with van der Waals surface area (Å²) in [4.78, 5) is 10.2. The summed E-state index contributed by atoms with van der Waals surface area (Å²) < 4.78 is 5.38. The second-order valence-corrected chi connectivity index (χ2v) is 3.38. The Balaban J connectivity index is 1.71. The van der Waals surface area contributed by atoms with E-state index in [2.05, 4.69) is 0 Å².